The van der Waals surface area contributed by atoms with Crippen LogP contribution in [0, 0.1) is 0 Å². The third-order valence-corrected chi connectivity index (χ3v) is 10.1. The third kappa shape index (κ3) is 9.15. The molecular formula is C32H45N2O8P. The second-order valence-electron chi connectivity index (χ2n) is 12.9. The summed E-state index contributed by atoms with van der Waals surface area (Å²) in [4.78, 5) is 42.0. The van der Waals surface area contributed by atoms with E-state index in [-0.39, 0.29) is 32.3 Å². The van der Waals surface area contributed by atoms with Crippen molar-refractivity contribution in [3.05, 3.63) is 71.3 Å². The van der Waals surface area contributed by atoms with Crippen LogP contribution < -0.4 is 0 Å². The quantitative estimate of drug-likeness (QED) is 0.312. The van der Waals surface area contributed by atoms with Crippen molar-refractivity contribution in [2.24, 2.45) is 0 Å². The first kappa shape index (κ1) is 34.3. The molecule has 236 valence electrons. The Hall–Kier alpha value is -3.20. The lowest BCUT2D eigenvalue weighted by molar-refractivity contribution is -0.141. The van der Waals surface area contributed by atoms with E-state index >= 15 is 0 Å². The molecule has 1 saturated heterocycles. The molecule has 10 nitrogen and oxygen atoms in total. The van der Waals surface area contributed by atoms with Crippen LogP contribution in [0.25, 0.3) is 0 Å². The van der Waals surface area contributed by atoms with E-state index < -0.39 is 41.9 Å². The molecule has 2 atom stereocenters. The fourth-order valence-corrected chi connectivity index (χ4v) is 7.98. The van der Waals surface area contributed by atoms with Gasteiger partial charge in [0.25, 0.3) is 0 Å². The Morgan fingerprint density at radius 1 is 0.907 bits per heavy atom. The van der Waals surface area contributed by atoms with E-state index in [0.29, 0.717) is 24.2 Å². The van der Waals surface area contributed by atoms with E-state index in [9.17, 15) is 24.1 Å². The maximum absolute atomic E-state index is 14.3. The van der Waals surface area contributed by atoms with Crippen LogP contribution in [-0.2, 0) is 42.9 Å². The number of benzene rings is 2. The highest BCUT2D eigenvalue weighted by molar-refractivity contribution is 7.62. The predicted octanol–water partition coefficient (Wildman–Crippen LogP) is 6.56. The van der Waals surface area contributed by atoms with Crippen LogP contribution in [0.1, 0.15) is 65.2 Å². The lowest BCUT2D eigenvalue weighted by atomic mass is 9.95. The van der Waals surface area contributed by atoms with Gasteiger partial charge >= 0.3 is 18.2 Å². The molecule has 3 rings (SSSR count). The molecule has 1 aliphatic rings. The maximum atomic E-state index is 14.3. The molecule has 1 aliphatic heterocycles. The van der Waals surface area contributed by atoms with Crippen LogP contribution in [0.5, 0.6) is 0 Å². The summed E-state index contributed by atoms with van der Waals surface area (Å²) in [6, 6.07) is 16.7. The largest absolute Gasteiger partial charge is 0.480 e. The average molecular weight is 617 g/mol. The van der Waals surface area contributed by atoms with Crippen LogP contribution in [0.4, 0.5) is 9.59 Å². The van der Waals surface area contributed by atoms with Crippen molar-refractivity contribution in [1.29, 1.82) is 0 Å². The Bertz CT molecular complexity index is 1310. The molecule has 43 heavy (non-hydrogen) atoms. The van der Waals surface area contributed by atoms with Crippen molar-refractivity contribution >= 4 is 25.5 Å². The maximum Gasteiger partial charge on any atom is 0.420 e. The predicted molar refractivity (Wildman–Crippen MR) is 164 cm³/mol. The molecule has 0 aromatic heterocycles. The van der Waals surface area contributed by atoms with Crippen LogP contribution in [-0.4, -0.2) is 75.3 Å². The number of nitrogens with zero attached hydrogens (tertiary/aromatic N) is 2. The van der Waals surface area contributed by atoms with Crippen LogP contribution in [0.2, 0.25) is 0 Å². The van der Waals surface area contributed by atoms with Crippen molar-refractivity contribution in [3.8, 4) is 0 Å². The molecule has 0 bridgehead atoms. The van der Waals surface area contributed by atoms with Gasteiger partial charge in [-0.3, -0.25) is 14.3 Å². The van der Waals surface area contributed by atoms with Gasteiger partial charge in [0.1, 0.15) is 11.2 Å². The number of hydrogen-bond acceptors (Lipinski definition) is 8. The van der Waals surface area contributed by atoms with Crippen molar-refractivity contribution < 1.29 is 38.1 Å². The smallest absolute Gasteiger partial charge is 0.420 e. The summed E-state index contributed by atoms with van der Waals surface area (Å²) in [7, 11) is -3.64. The fourth-order valence-electron chi connectivity index (χ4n) is 5.08. The number of aliphatic carboxylic acids is 1. The van der Waals surface area contributed by atoms with Gasteiger partial charge in [0.15, 0.2) is 5.16 Å². The van der Waals surface area contributed by atoms with Gasteiger partial charge in [-0.05, 0) is 71.6 Å². The zero-order valence-corrected chi connectivity index (χ0v) is 27.2. The number of amides is 2. The van der Waals surface area contributed by atoms with Crippen molar-refractivity contribution in [2.45, 2.75) is 84.3 Å². The highest BCUT2D eigenvalue weighted by atomic mass is 31.2. The highest BCUT2D eigenvalue weighted by Gasteiger charge is 2.58. The Morgan fingerprint density at radius 3 is 2.00 bits per heavy atom. The molecule has 0 radical (unpaired) electrons. The molecule has 2 aromatic carbocycles. The number of ether oxygens (including phenoxy) is 2. The summed E-state index contributed by atoms with van der Waals surface area (Å²) >= 11 is 0. The van der Waals surface area contributed by atoms with E-state index in [2.05, 4.69) is 0 Å². The molecule has 1 fully saturated rings. The lowest BCUT2D eigenvalue weighted by Crippen LogP contribution is -2.55. The number of carbonyl (C=O) groups is 3. The minimum Gasteiger partial charge on any atom is -0.480 e. The van der Waals surface area contributed by atoms with Crippen LogP contribution >= 0.6 is 7.37 Å². The zero-order chi connectivity index (χ0) is 32.1. The molecule has 1 heterocycles. The van der Waals surface area contributed by atoms with Gasteiger partial charge < -0.3 is 19.1 Å². The Morgan fingerprint density at radius 2 is 1.47 bits per heavy atom. The summed E-state index contributed by atoms with van der Waals surface area (Å²) < 4.78 is 31.0. The SMILES string of the molecule is CCOP1(=O)CCN(Cc2ccccc2)CC1(Cc1cccc(CN(C(=O)OC(C)(C)C)C(=O)OC(C)(C)C)c1)C(=O)O. The van der Waals surface area contributed by atoms with E-state index in [0.717, 1.165) is 10.5 Å². The minimum atomic E-state index is -3.64. The van der Waals surface area contributed by atoms with Crippen molar-refractivity contribution in [2.75, 3.05) is 25.9 Å². The first-order valence-electron chi connectivity index (χ1n) is 14.5. The number of carboxylic acids is 1. The fraction of sp³-hybridized carbons (Fsp3) is 0.531. The number of carbonyl (C=O) groups excluding carboxylic acids is 2. The molecular weight excluding hydrogens is 571 g/mol. The van der Waals surface area contributed by atoms with Crippen LogP contribution in [0.3, 0.4) is 0 Å². The van der Waals surface area contributed by atoms with E-state index in [1.54, 1.807) is 72.7 Å². The van der Waals surface area contributed by atoms with Gasteiger partial charge in [0.2, 0.25) is 7.37 Å². The van der Waals surface area contributed by atoms with Crippen molar-refractivity contribution in [3.63, 3.8) is 0 Å². The Kier molecular flexibility index (Phi) is 10.9. The van der Waals surface area contributed by atoms with Gasteiger partial charge in [0.05, 0.1) is 13.2 Å². The first-order chi connectivity index (χ1) is 20.0. The van der Waals surface area contributed by atoms with Gasteiger partial charge in [0, 0.05) is 25.8 Å². The summed E-state index contributed by atoms with van der Waals surface area (Å²) in [6.07, 6.45) is -1.67. The van der Waals surface area contributed by atoms with Crippen molar-refractivity contribution in [1.82, 2.24) is 9.80 Å². The van der Waals surface area contributed by atoms with E-state index in [1.807, 2.05) is 35.2 Å². The average Bonchev–Trinajstić information content (AvgIpc) is 2.88. The molecule has 0 aliphatic carbocycles. The monoisotopic (exact) mass is 616 g/mol. The lowest BCUT2D eigenvalue weighted by Gasteiger charge is -2.45. The molecule has 2 aromatic rings. The minimum absolute atomic E-state index is 0.0423. The Balaban J connectivity index is 1.95. The molecule has 11 heteroatoms. The second-order valence-corrected chi connectivity index (χ2v) is 15.8. The standard InChI is InChI=1S/C32H45N2O8P/c1-8-40-43(39)18-17-33(21-24-13-10-9-11-14-24)23-32(43,27(35)36)20-25-15-12-16-26(19-25)22-34(28(37)41-30(2,3)4)29(38)42-31(5,6)7/h9-16,19H,8,17-18,20-23H2,1-7H3,(H,35,36). The third-order valence-electron chi connectivity index (χ3n) is 6.89. The van der Waals surface area contributed by atoms with Gasteiger partial charge in [-0.2, -0.15) is 0 Å². The normalized spacial score (nSPS) is 21.2. The molecule has 2 unspecified atom stereocenters. The summed E-state index contributed by atoms with van der Waals surface area (Å²) in [6.45, 7) is 12.9. The van der Waals surface area contributed by atoms with Gasteiger partial charge in [-0.1, -0.05) is 54.6 Å². The molecule has 1 N–H and O–H groups in total. The second kappa shape index (κ2) is 13.6. The number of imide groups is 1. The topological polar surface area (TPSA) is 123 Å². The zero-order valence-electron chi connectivity index (χ0n) is 26.3. The summed E-state index contributed by atoms with van der Waals surface area (Å²) in [5.74, 6) is -1.18. The first-order valence-corrected chi connectivity index (χ1v) is 16.3. The van der Waals surface area contributed by atoms with Gasteiger partial charge in [-0.15, -0.1) is 0 Å². The summed E-state index contributed by atoms with van der Waals surface area (Å²) in [5, 5.41) is 8.97. The number of carboxylic acid groups (broad SMARTS) is 1. The van der Waals surface area contributed by atoms with Crippen LogP contribution in [0.15, 0.2) is 54.6 Å². The molecule has 0 saturated carbocycles. The van der Waals surface area contributed by atoms with E-state index in [1.165, 1.54) is 0 Å². The van der Waals surface area contributed by atoms with Gasteiger partial charge in [-0.25, -0.2) is 14.5 Å². The molecule has 2 amide bonds. The Labute approximate surface area is 254 Å². The van der Waals surface area contributed by atoms with E-state index in [4.69, 9.17) is 14.0 Å². The molecule has 0 spiro atoms. The number of rotatable bonds is 9. The highest BCUT2D eigenvalue weighted by Crippen LogP contribution is 2.62. The number of hydrogen-bond donors (Lipinski definition) is 1. The summed E-state index contributed by atoms with van der Waals surface area (Å²) in [5.41, 5.74) is 0.481.